The zero-order valence-electron chi connectivity index (χ0n) is 19.1. The first-order valence-corrected chi connectivity index (χ1v) is 11.3. The fourth-order valence-electron chi connectivity index (χ4n) is 2.77. The van der Waals surface area contributed by atoms with Gasteiger partial charge in [-0.1, -0.05) is 34.1 Å². The van der Waals surface area contributed by atoms with Gasteiger partial charge < -0.3 is 32.5 Å². The minimum atomic E-state index is -1.26. The van der Waals surface area contributed by atoms with Gasteiger partial charge in [0, 0.05) is 12.2 Å². The summed E-state index contributed by atoms with van der Waals surface area (Å²) in [6.45, 7) is 7.33. The number of aliphatic carboxylic acids is 1. The number of carbonyl (C=O) groups excluding carboxylic acids is 4. The molecule has 0 saturated carbocycles. The van der Waals surface area contributed by atoms with Crippen molar-refractivity contribution in [3.63, 3.8) is 0 Å². The average Bonchev–Trinajstić information content (AvgIpc) is 2.71. The first kappa shape index (κ1) is 29.7. The summed E-state index contributed by atoms with van der Waals surface area (Å²) < 4.78 is 0. The lowest BCUT2D eigenvalue weighted by Gasteiger charge is -2.26. The molecule has 4 amide bonds. The van der Waals surface area contributed by atoms with Gasteiger partial charge in [-0.25, -0.2) is 4.79 Å². The highest BCUT2D eigenvalue weighted by atomic mass is 32.1. The molecule has 0 radical (unpaired) electrons. The van der Waals surface area contributed by atoms with Gasteiger partial charge in [0.05, 0.1) is 6.04 Å². The highest BCUT2D eigenvalue weighted by molar-refractivity contribution is 7.80. The van der Waals surface area contributed by atoms with Crippen molar-refractivity contribution in [3.8, 4) is 0 Å². The van der Waals surface area contributed by atoms with Crippen LogP contribution in [0.15, 0.2) is 0 Å². The molecule has 0 spiro atoms. The highest BCUT2D eigenvalue weighted by Gasteiger charge is 2.31. The third-order valence-corrected chi connectivity index (χ3v) is 5.37. The van der Waals surface area contributed by atoms with Crippen molar-refractivity contribution >= 4 is 42.2 Å². The lowest BCUT2D eigenvalue weighted by Crippen LogP contribution is -2.58. The van der Waals surface area contributed by atoms with E-state index < -0.39 is 53.8 Å². The maximum Gasteiger partial charge on any atom is 0.327 e. The number of carboxylic acid groups (broad SMARTS) is 1. The summed E-state index contributed by atoms with van der Waals surface area (Å²) in [4.78, 5) is 60.4. The molecule has 12 heteroatoms. The molecule has 0 bridgehead atoms. The summed E-state index contributed by atoms with van der Waals surface area (Å²) in [5, 5.41) is 16.6. The molecule has 0 rings (SSSR count). The van der Waals surface area contributed by atoms with Crippen molar-refractivity contribution < 1.29 is 29.1 Å². The van der Waals surface area contributed by atoms with Gasteiger partial charge in [0.1, 0.15) is 18.1 Å². The maximum atomic E-state index is 12.9. The number of amides is 4. The fraction of sp³-hybridized carbons (Fsp3) is 0.750. The Morgan fingerprint density at radius 1 is 0.906 bits per heavy atom. The summed E-state index contributed by atoms with van der Waals surface area (Å²) in [5.41, 5.74) is 11.1. The van der Waals surface area contributed by atoms with Crippen LogP contribution >= 0.6 is 12.6 Å². The van der Waals surface area contributed by atoms with E-state index in [9.17, 15) is 24.0 Å². The van der Waals surface area contributed by atoms with E-state index >= 15 is 0 Å². The quantitative estimate of drug-likeness (QED) is 0.150. The normalized spacial score (nSPS) is 15.7. The Bertz CT molecular complexity index is 675. The Morgan fingerprint density at radius 3 is 1.84 bits per heavy atom. The van der Waals surface area contributed by atoms with E-state index in [-0.39, 0.29) is 36.9 Å². The molecule has 0 aliphatic carbocycles. The molecular formula is C20H37N5O6S. The number of nitrogens with one attached hydrogen (secondary N) is 3. The van der Waals surface area contributed by atoms with E-state index in [0.717, 1.165) is 0 Å². The summed E-state index contributed by atoms with van der Waals surface area (Å²) in [6.07, 6.45) is 0.627. The predicted octanol–water partition coefficient (Wildman–Crippen LogP) is -0.860. The number of hydrogen-bond donors (Lipinski definition) is 7. The molecule has 0 aromatic carbocycles. The molecule has 184 valence electrons. The van der Waals surface area contributed by atoms with Crippen molar-refractivity contribution in [2.45, 2.75) is 77.5 Å². The third-order valence-electron chi connectivity index (χ3n) is 5.01. The third kappa shape index (κ3) is 10.8. The van der Waals surface area contributed by atoms with Gasteiger partial charge in [0.25, 0.3) is 0 Å². The van der Waals surface area contributed by atoms with Gasteiger partial charge in [-0.2, -0.15) is 12.6 Å². The first-order chi connectivity index (χ1) is 14.8. The standard InChI is InChI=1S/C20H37N5O6S/c1-5-11(4)16(22)19(29)23-12(6-7-15(21)26)17(27)24-13(8-10(2)3)18(28)25-14(9-32)20(30)31/h10-14,16,32H,5-9,22H2,1-4H3,(H2,21,26)(H,23,29)(H,24,27)(H,25,28)(H,30,31). The van der Waals surface area contributed by atoms with Crippen molar-refractivity contribution in [3.05, 3.63) is 0 Å². The molecular weight excluding hydrogens is 438 g/mol. The second-order valence-corrected chi connectivity index (χ2v) is 8.62. The van der Waals surface area contributed by atoms with Crippen LogP contribution in [-0.4, -0.2) is 64.6 Å². The Kier molecular flexibility index (Phi) is 13.6. The van der Waals surface area contributed by atoms with Crippen LogP contribution in [0.5, 0.6) is 0 Å². The Morgan fingerprint density at radius 2 is 1.41 bits per heavy atom. The molecule has 11 nitrogen and oxygen atoms in total. The maximum absolute atomic E-state index is 12.9. The number of nitrogens with two attached hydrogens (primary N) is 2. The summed E-state index contributed by atoms with van der Waals surface area (Å²) >= 11 is 3.91. The van der Waals surface area contributed by atoms with Gasteiger partial charge in [0.15, 0.2) is 0 Å². The van der Waals surface area contributed by atoms with Crippen molar-refractivity contribution in [1.29, 1.82) is 0 Å². The van der Waals surface area contributed by atoms with E-state index in [1.165, 1.54) is 0 Å². The zero-order valence-corrected chi connectivity index (χ0v) is 20.0. The predicted molar refractivity (Wildman–Crippen MR) is 123 cm³/mol. The number of hydrogen-bond acceptors (Lipinski definition) is 7. The minimum absolute atomic E-state index is 0.0113. The average molecular weight is 476 g/mol. The van der Waals surface area contributed by atoms with Crippen LogP contribution in [0.4, 0.5) is 0 Å². The molecule has 5 unspecified atom stereocenters. The summed E-state index contributed by atoms with van der Waals surface area (Å²) in [7, 11) is 0. The van der Waals surface area contributed by atoms with Crippen LogP contribution < -0.4 is 27.4 Å². The number of thiol groups is 1. The van der Waals surface area contributed by atoms with Gasteiger partial charge in [0.2, 0.25) is 23.6 Å². The number of primary amides is 1. The molecule has 32 heavy (non-hydrogen) atoms. The molecule has 8 N–H and O–H groups in total. The molecule has 0 aliphatic rings. The van der Waals surface area contributed by atoms with Gasteiger partial charge in [-0.05, 0) is 24.7 Å². The number of carbonyl (C=O) groups is 5. The fourth-order valence-corrected chi connectivity index (χ4v) is 3.02. The van der Waals surface area contributed by atoms with E-state index in [4.69, 9.17) is 16.6 Å². The van der Waals surface area contributed by atoms with E-state index in [1.54, 1.807) is 6.92 Å². The van der Waals surface area contributed by atoms with Crippen LogP contribution in [0, 0.1) is 11.8 Å². The monoisotopic (exact) mass is 475 g/mol. The van der Waals surface area contributed by atoms with Crippen LogP contribution in [-0.2, 0) is 24.0 Å². The topological polar surface area (TPSA) is 194 Å². The molecule has 5 atom stereocenters. The lowest BCUT2D eigenvalue weighted by atomic mass is 9.98. The first-order valence-electron chi connectivity index (χ1n) is 10.6. The van der Waals surface area contributed by atoms with E-state index in [1.807, 2.05) is 20.8 Å². The Labute approximate surface area is 194 Å². The molecule has 0 fully saturated rings. The highest BCUT2D eigenvalue weighted by Crippen LogP contribution is 2.09. The van der Waals surface area contributed by atoms with E-state index in [2.05, 4.69) is 28.6 Å². The summed E-state index contributed by atoms with van der Waals surface area (Å²) in [6, 6.07) is -4.28. The smallest absolute Gasteiger partial charge is 0.327 e. The van der Waals surface area contributed by atoms with Crippen LogP contribution in [0.25, 0.3) is 0 Å². The Balaban J connectivity index is 5.52. The van der Waals surface area contributed by atoms with Crippen molar-refractivity contribution in [2.24, 2.45) is 23.3 Å². The molecule has 0 aromatic rings. The largest absolute Gasteiger partial charge is 0.480 e. The summed E-state index contributed by atoms with van der Waals surface area (Å²) in [5.74, 6) is -4.14. The van der Waals surface area contributed by atoms with Crippen molar-refractivity contribution in [2.75, 3.05) is 5.75 Å². The molecule has 0 heterocycles. The lowest BCUT2D eigenvalue weighted by molar-refractivity contribution is -0.141. The van der Waals surface area contributed by atoms with Crippen molar-refractivity contribution in [1.82, 2.24) is 16.0 Å². The molecule has 0 aliphatic heterocycles. The second-order valence-electron chi connectivity index (χ2n) is 8.25. The van der Waals surface area contributed by atoms with E-state index in [0.29, 0.717) is 6.42 Å². The number of carboxylic acids is 1. The van der Waals surface area contributed by atoms with Crippen LogP contribution in [0.2, 0.25) is 0 Å². The van der Waals surface area contributed by atoms with Gasteiger partial charge >= 0.3 is 5.97 Å². The van der Waals surface area contributed by atoms with Crippen LogP contribution in [0.1, 0.15) is 53.4 Å². The van der Waals surface area contributed by atoms with Crippen LogP contribution in [0.3, 0.4) is 0 Å². The number of rotatable bonds is 15. The molecule has 0 aromatic heterocycles. The van der Waals surface area contributed by atoms with Gasteiger partial charge in [-0.15, -0.1) is 0 Å². The SMILES string of the molecule is CCC(C)C(N)C(=O)NC(CCC(N)=O)C(=O)NC(CC(C)C)C(=O)NC(CS)C(=O)O. The second kappa shape index (κ2) is 14.7. The Hall–Kier alpha value is -2.34. The molecule has 0 saturated heterocycles. The van der Waals surface area contributed by atoms with Gasteiger partial charge in [-0.3, -0.25) is 19.2 Å². The minimum Gasteiger partial charge on any atom is -0.480 e. The zero-order chi connectivity index (χ0) is 25.0.